The lowest BCUT2D eigenvalue weighted by molar-refractivity contribution is 0.112. The Morgan fingerprint density at radius 1 is 1.14 bits per heavy atom. The Morgan fingerprint density at radius 3 is 2.57 bits per heavy atom. The van der Waals surface area contributed by atoms with Gasteiger partial charge in [0.05, 0.1) is 12.8 Å². The molecule has 3 aromatic rings. The van der Waals surface area contributed by atoms with Crippen LogP contribution in [-0.4, -0.2) is 18.0 Å². The maximum Gasteiger partial charge on any atom is 0.152 e. The molecule has 3 heteroatoms. The number of fused-ring (bicyclic) bond motifs is 1. The van der Waals surface area contributed by atoms with Crippen LogP contribution in [0.2, 0.25) is 0 Å². The minimum absolute atomic E-state index is 0.737. The number of methoxy groups -OCH3 is 1. The number of hydrogen-bond acceptors (Lipinski definition) is 2. The molecule has 1 heterocycles. The van der Waals surface area contributed by atoms with E-state index in [1.807, 2.05) is 56.4 Å². The lowest BCUT2D eigenvalue weighted by Gasteiger charge is -2.10. The first-order chi connectivity index (χ1) is 10.2. The molecular weight excluding hydrogens is 262 g/mol. The van der Waals surface area contributed by atoms with Crippen LogP contribution in [0.1, 0.15) is 15.9 Å². The van der Waals surface area contributed by atoms with E-state index in [1.54, 1.807) is 7.11 Å². The molecule has 0 N–H and O–H groups in total. The van der Waals surface area contributed by atoms with Crippen LogP contribution >= 0.6 is 0 Å². The molecule has 0 saturated heterocycles. The van der Waals surface area contributed by atoms with Gasteiger partial charge in [-0.2, -0.15) is 0 Å². The first kappa shape index (κ1) is 13.4. The van der Waals surface area contributed by atoms with Crippen molar-refractivity contribution in [3.8, 4) is 17.0 Å². The molecule has 0 radical (unpaired) electrons. The fourth-order valence-electron chi connectivity index (χ4n) is 2.90. The van der Waals surface area contributed by atoms with E-state index in [1.165, 1.54) is 0 Å². The average molecular weight is 279 g/mol. The number of carbonyl (C=O) groups excluding carboxylic acids is 1. The van der Waals surface area contributed by atoms with E-state index in [2.05, 4.69) is 4.57 Å². The van der Waals surface area contributed by atoms with Gasteiger partial charge in [0, 0.05) is 29.1 Å². The number of aldehydes is 1. The van der Waals surface area contributed by atoms with Crippen LogP contribution in [0.15, 0.2) is 42.5 Å². The monoisotopic (exact) mass is 279 g/mol. The van der Waals surface area contributed by atoms with Crippen LogP contribution in [0.4, 0.5) is 0 Å². The van der Waals surface area contributed by atoms with Crippen LogP contribution in [0.5, 0.6) is 5.75 Å². The summed E-state index contributed by atoms with van der Waals surface area (Å²) in [5.41, 5.74) is 4.89. The normalized spacial score (nSPS) is 10.8. The van der Waals surface area contributed by atoms with Crippen molar-refractivity contribution in [1.82, 2.24) is 4.57 Å². The lowest BCUT2D eigenvalue weighted by atomic mass is 10.0. The van der Waals surface area contributed by atoms with Gasteiger partial charge in [-0.1, -0.05) is 18.2 Å². The molecule has 0 amide bonds. The number of benzene rings is 2. The summed E-state index contributed by atoms with van der Waals surface area (Å²) in [7, 11) is 3.65. The highest BCUT2D eigenvalue weighted by Crippen LogP contribution is 2.34. The number of hydrogen-bond donors (Lipinski definition) is 0. The van der Waals surface area contributed by atoms with Crippen molar-refractivity contribution in [3.05, 3.63) is 53.6 Å². The molecule has 21 heavy (non-hydrogen) atoms. The number of rotatable bonds is 3. The second-order valence-corrected chi connectivity index (χ2v) is 5.14. The topological polar surface area (TPSA) is 31.2 Å². The third-order valence-corrected chi connectivity index (χ3v) is 3.95. The molecule has 106 valence electrons. The Kier molecular flexibility index (Phi) is 3.26. The van der Waals surface area contributed by atoms with Crippen molar-refractivity contribution < 1.29 is 9.53 Å². The summed E-state index contributed by atoms with van der Waals surface area (Å²) in [5.74, 6) is 0.822. The first-order valence-corrected chi connectivity index (χ1v) is 6.85. The SMILES string of the molecule is COc1ccc(-c2c(C=O)c3ccccc3n2C)c(C)c1. The Labute approximate surface area is 123 Å². The summed E-state index contributed by atoms with van der Waals surface area (Å²) in [5, 5.41) is 0.986. The summed E-state index contributed by atoms with van der Waals surface area (Å²) in [6.45, 7) is 2.03. The van der Waals surface area contributed by atoms with E-state index in [0.717, 1.165) is 45.3 Å². The second-order valence-electron chi connectivity index (χ2n) is 5.14. The van der Waals surface area contributed by atoms with Crippen molar-refractivity contribution in [2.24, 2.45) is 7.05 Å². The molecular formula is C18H17NO2. The predicted molar refractivity (Wildman–Crippen MR) is 85.0 cm³/mol. The minimum Gasteiger partial charge on any atom is -0.497 e. The maximum atomic E-state index is 11.6. The van der Waals surface area contributed by atoms with Gasteiger partial charge in [-0.25, -0.2) is 0 Å². The zero-order valence-corrected chi connectivity index (χ0v) is 12.4. The van der Waals surface area contributed by atoms with Crippen LogP contribution < -0.4 is 4.74 Å². The number of nitrogens with zero attached hydrogens (tertiary/aromatic N) is 1. The molecule has 0 atom stereocenters. The van der Waals surface area contributed by atoms with Gasteiger partial charge >= 0.3 is 0 Å². The first-order valence-electron chi connectivity index (χ1n) is 6.85. The molecule has 2 aromatic carbocycles. The van der Waals surface area contributed by atoms with E-state index in [0.29, 0.717) is 0 Å². The molecule has 0 unspecified atom stereocenters. The quantitative estimate of drug-likeness (QED) is 0.679. The molecule has 0 fully saturated rings. The molecule has 1 aromatic heterocycles. The number of carbonyl (C=O) groups is 1. The van der Waals surface area contributed by atoms with Crippen LogP contribution in [0.3, 0.4) is 0 Å². The van der Waals surface area contributed by atoms with Gasteiger partial charge in [-0.15, -0.1) is 0 Å². The van der Waals surface area contributed by atoms with E-state index in [9.17, 15) is 4.79 Å². The second kappa shape index (κ2) is 5.09. The maximum absolute atomic E-state index is 11.6. The summed E-state index contributed by atoms with van der Waals surface area (Å²) in [4.78, 5) is 11.6. The third kappa shape index (κ3) is 2.02. The predicted octanol–water partition coefficient (Wildman–Crippen LogP) is 3.97. The Bertz CT molecular complexity index is 831. The van der Waals surface area contributed by atoms with Crippen molar-refractivity contribution in [1.29, 1.82) is 0 Å². The molecule has 3 rings (SSSR count). The van der Waals surface area contributed by atoms with E-state index < -0.39 is 0 Å². The molecule has 0 bridgehead atoms. The highest BCUT2D eigenvalue weighted by molar-refractivity contribution is 6.05. The van der Waals surface area contributed by atoms with Crippen molar-refractivity contribution in [2.75, 3.05) is 7.11 Å². The van der Waals surface area contributed by atoms with Gasteiger partial charge in [0.25, 0.3) is 0 Å². The smallest absolute Gasteiger partial charge is 0.152 e. The molecule has 3 nitrogen and oxygen atoms in total. The Hall–Kier alpha value is -2.55. The van der Waals surface area contributed by atoms with Gasteiger partial charge < -0.3 is 9.30 Å². The average Bonchev–Trinajstić information content (AvgIpc) is 2.80. The zero-order valence-electron chi connectivity index (χ0n) is 12.4. The van der Waals surface area contributed by atoms with Gasteiger partial charge in [0.2, 0.25) is 0 Å². The van der Waals surface area contributed by atoms with E-state index >= 15 is 0 Å². The van der Waals surface area contributed by atoms with Crippen molar-refractivity contribution >= 4 is 17.2 Å². The molecule has 0 aliphatic rings. The number of aromatic nitrogens is 1. The van der Waals surface area contributed by atoms with Crippen LogP contribution in [-0.2, 0) is 7.05 Å². The van der Waals surface area contributed by atoms with Gasteiger partial charge in [-0.05, 0) is 36.8 Å². The fourth-order valence-corrected chi connectivity index (χ4v) is 2.90. The van der Waals surface area contributed by atoms with Crippen molar-refractivity contribution in [2.45, 2.75) is 6.92 Å². The highest BCUT2D eigenvalue weighted by Gasteiger charge is 2.17. The van der Waals surface area contributed by atoms with Gasteiger partial charge in [0.1, 0.15) is 5.75 Å². The van der Waals surface area contributed by atoms with E-state index in [-0.39, 0.29) is 0 Å². The molecule has 0 spiro atoms. The fraction of sp³-hybridized carbons (Fsp3) is 0.167. The third-order valence-electron chi connectivity index (χ3n) is 3.95. The Morgan fingerprint density at radius 2 is 1.90 bits per heavy atom. The van der Waals surface area contributed by atoms with Crippen molar-refractivity contribution in [3.63, 3.8) is 0 Å². The highest BCUT2D eigenvalue weighted by atomic mass is 16.5. The van der Waals surface area contributed by atoms with Gasteiger partial charge in [-0.3, -0.25) is 4.79 Å². The zero-order chi connectivity index (χ0) is 15.0. The number of para-hydroxylation sites is 1. The lowest BCUT2D eigenvalue weighted by Crippen LogP contribution is -1.96. The van der Waals surface area contributed by atoms with E-state index in [4.69, 9.17) is 4.74 Å². The summed E-state index contributed by atoms with van der Waals surface area (Å²) in [6.07, 6.45) is 0.946. The minimum atomic E-state index is 0.737. The Balaban J connectivity index is 2.34. The molecule has 0 aliphatic heterocycles. The summed E-state index contributed by atoms with van der Waals surface area (Å²) in [6, 6.07) is 13.9. The van der Waals surface area contributed by atoms with Crippen LogP contribution in [0.25, 0.3) is 22.2 Å². The molecule has 0 saturated carbocycles. The van der Waals surface area contributed by atoms with Gasteiger partial charge in [0.15, 0.2) is 6.29 Å². The number of ether oxygens (including phenoxy) is 1. The standard InChI is InChI=1S/C18H17NO2/c1-12-10-13(21-3)8-9-14(12)18-16(11-20)15-6-4-5-7-17(15)19(18)2/h4-11H,1-3H3. The number of aryl methyl sites for hydroxylation is 2. The van der Waals surface area contributed by atoms with Crippen LogP contribution in [0, 0.1) is 6.92 Å². The summed E-state index contributed by atoms with van der Waals surface area (Å²) < 4.78 is 7.33. The largest absolute Gasteiger partial charge is 0.497 e. The summed E-state index contributed by atoms with van der Waals surface area (Å²) >= 11 is 0. The molecule has 0 aliphatic carbocycles.